The van der Waals surface area contributed by atoms with Crippen molar-refractivity contribution in [3.05, 3.63) is 64.2 Å². The zero-order chi connectivity index (χ0) is 24.0. The molecular formula is C25H34ClN3O3S. The molecule has 0 radical (unpaired) electrons. The van der Waals surface area contributed by atoms with Crippen LogP contribution in [0.3, 0.4) is 0 Å². The van der Waals surface area contributed by atoms with Gasteiger partial charge in [0.15, 0.2) is 0 Å². The lowest BCUT2D eigenvalue weighted by Gasteiger charge is -2.31. The van der Waals surface area contributed by atoms with Crippen molar-refractivity contribution in [3.8, 4) is 0 Å². The molecule has 8 heteroatoms. The van der Waals surface area contributed by atoms with E-state index in [0.717, 1.165) is 37.0 Å². The first-order valence-electron chi connectivity index (χ1n) is 11.5. The highest BCUT2D eigenvalue weighted by molar-refractivity contribution is 7.92. The van der Waals surface area contributed by atoms with E-state index >= 15 is 0 Å². The molecule has 1 heterocycles. The van der Waals surface area contributed by atoms with Crippen LogP contribution in [-0.4, -0.2) is 44.6 Å². The number of sulfonamides is 1. The van der Waals surface area contributed by atoms with Crippen molar-refractivity contribution in [3.63, 3.8) is 0 Å². The Bertz CT molecular complexity index is 1050. The number of benzene rings is 2. The Labute approximate surface area is 203 Å². The van der Waals surface area contributed by atoms with Gasteiger partial charge in [-0.2, -0.15) is 0 Å². The summed E-state index contributed by atoms with van der Waals surface area (Å²) in [6.07, 6.45) is 5.30. The molecule has 6 nitrogen and oxygen atoms in total. The summed E-state index contributed by atoms with van der Waals surface area (Å²) in [5.74, 6) is -0.334. The number of hydrogen-bond acceptors (Lipinski definition) is 4. The average Bonchev–Trinajstić information content (AvgIpc) is 2.78. The first-order chi connectivity index (χ1) is 15.7. The second-order valence-electron chi connectivity index (χ2n) is 8.78. The summed E-state index contributed by atoms with van der Waals surface area (Å²) in [6, 6.07) is 12.4. The van der Waals surface area contributed by atoms with Crippen LogP contribution in [0.15, 0.2) is 42.5 Å². The minimum absolute atomic E-state index is 0.333. The number of nitrogens with one attached hydrogen (secondary N) is 1. The highest BCUT2D eigenvalue weighted by Gasteiger charge is 2.32. The van der Waals surface area contributed by atoms with E-state index in [4.69, 9.17) is 11.6 Å². The van der Waals surface area contributed by atoms with Crippen molar-refractivity contribution < 1.29 is 13.2 Å². The van der Waals surface area contributed by atoms with Gasteiger partial charge in [-0.15, -0.1) is 0 Å². The van der Waals surface area contributed by atoms with Crippen molar-refractivity contribution in [1.29, 1.82) is 0 Å². The summed E-state index contributed by atoms with van der Waals surface area (Å²) in [5, 5.41) is 3.34. The molecule has 1 amide bonds. The van der Waals surface area contributed by atoms with Crippen LogP contribution in [0.25, 0.3) is 0 Å². The molecule has 0 aromatic heterocycles. The van der Waals surface area contributed by atoms with E-state index in [9.17, 15) is 13.2 Å². The van der Waals surface area contributed by atoms with Crippen molar-refractivity contribution in [1.82, 2.24) is 10.2 Å². The van der Waals surface area contributed by atoms with Gasteiger partial charge in [0.05, 0.1) is 11.9 Å². The van der Waals surface area contributed by atoms with Gasteiger partial charge < -0.3 is 5.32 Å². The third-order valence-corrected chi connectivity index (χ3v) is 7.48. The summed E-state index contributed by atoms with van der Waals surface area (Å²) in [5.41, 5.74) is 3.40. The summed E-state index contributed by atoms with van der Waals surface area (Å²) in [6.45, 7) is 7.20. The van der Waals surface area contributed by atoms with E-state index in [1.54, 1.807) is 32.0 Å². The van der Waals surface area contributed by atoms with E-state index in [1.807, 2.05) is 12.1 Å². The van der Waals surface area contributed by atoms with E-state index in [1.165, 1.54) is 29.1 Å². The van der Waals surface area contributed by atoms with Gasteiger partial charge in [-0.05, 0) is 68.1 Å². The third-order valence-electron chi connectivity index (χ3n) is 6.08. The molecule has 1 N–H and O–H groups in total. The second-order valence-corrected chi connectivity index (χ2v) is 11.1. The van der Waals surface area contributed by atoms with Gasteiger partial charge in [0.1, 0.15) is 6.04 Å². The van der Waals surface area contributed by atoms with Gasteiger partial charge >= 0.3 is 0 Å². The number of amides is 1. The van der Waals surface area contributed by atoms with E-state index in [0.29, 0.717) is 23.7 Å². The molecule has 2 aromatic rings. The van der Waals surface area contributed by atoms with Crippen LogP contribution in [0.1, 0.15) is 49.3 Å². The van der Waals surface area contributed by atoms with Crippen molar-refractivity contribution in [2.75, 3.05) is 23.7 Å². The van der Waals surface area contributed by atoms with Crippen LogP contribution in [0.2, 0.25) is 5.02 Å². The van der Waals surface area contributed by atoms with Crippen LogP contribution >= 0.6 is 11.6 Å². The molecule has 1 aliphatic rings. The Morgan fingerprint density at radius 1 is 1.09 bits per heavy atom. The number of aryl methyl sites for hydroxylation is 1. The number of anilines is 1. The van der Waals surface area contributed by atoms with Gasteiger partial charge in [-0.3, -0.25) is 14.0 Å². The number of hydrogen-bond donors (Lipinski definition) is 1. The quantitative estimate of drug-likeness (QED) is 0.561. The molecule has 3 rings (SSSR count). The highest BCUT2D eigenvalue weighted by Crippen LogP contribution is 2.29. The second kappa shape index (κ2) is 11.4. The minimum atomic E-state index is -3.71. The fourth-order valence-corrected chi connectivity index (χ4v) is 5.73. The Hall–Kier alpha value is -2.09. The highest BCUT2D eigenvalue weighted by atomic mass is 35.5. The number of likely N-dealkylation sites (tertiary alicyclic amines) is 1. The maximum absolute atomic E-state index is 13.1. The van der Waals surface area contributed by atoms with Crippen LogP contribution in [0.4, 0.5) is 5.69 Å². The molecule has 2 aromatic carbocycles. The fraction of sp³-hybridized carbons (Fsp3) is 0.480. The van der Waals surface area contributed by atoms with Crippen LogP contribution in [0.5, 0.6) is 0 Å². The molecule has 1 fully saturated rings. The maximum atomic E-state index is 13.1. The predicted octanol–water partition coefficient (Wildman–Crippen LogP) is 4.50. The molecule has 0 saturated carbocycles. The molecule has 1 saturated heterocycles. The average molecular weight is 492 g/mol. The number of rotatable bonds is 9. The number of halogens is 1. The van der Waals surface area contributed by atoms with Crippen molar-refractivity contribution >= 4 is 33.2 Å². The van der Waals surface area contributed by atoms with Crippen molar-refractivity contribution in [2.45, 2.75) is 58.7 Å². The summed E-state index contributed by atoms with van der Waals surface area (Å²) in [4.78, 5) is 15.6. The summed E-state index contributed by atoms with van der Waals surface area (Å²) < 4.78 is 26.5. The van der Waals surface area contributed by atoms with Gasteiger partial charge in [-0.1, -0.05) is 55.3 Å². The third kappa shape index (κ3) is 6.95. The van der Waals surface area contributed by atoms with Crippen LogP contribution in [-0.2, 0) is 27.9 Å². The summed E-state index contributed by atoms with van der Waals surface area (Å²) >= 11 is 6.13. The molecule has 33 heavy (non-hydrogen) atoms. The molecule has 0 spiro atoms. The van der Waals surface area contributed by atoms with Crippen LogP contribution in [0, 0.1) is 6.92 Å². The lowest BCUT2D eigenvalue weighted by atomic mass is 10.1. The Morgan fingerprint density at radius 3 is 2.33 bits per heavy atom. The standard InChI is InChI=1S/C25H34ClN3O3S/c1-4-23(29(33(3,31)32)24-16-22(26)13-8-19(24)2)25(30)27-17-20-9-11-21(12-10-20)18-28-14-6-5-7-15-28/h8-13,16,23H,4-7,14-15,17-18H2,1-3H3,(H,27,30)/t23-/m1/s1. The number of carbonyl (C=O) groups excluding carboxylic acids is 1. The molecule has 0 bridgehead atoms. The Kier molecular flexibility index (Phi) is 8.79. The molecule has 1 aliphatic heterocycles. The fourth-order valence-electron chi connectivity index (χ4n) is 4.30. The topological polar surface area (TPSA) is 69.7 Å². The van der Waals surface area contributed by atoms with Gasteiger partial charge in [0.25, 0.3) is 0 Å². The van der Waals surface area contributed by atoms with Crippen molar-refractivity contribution in [2.24, 2.45) is 0 Å². The predicted molar refractivity (Wildman–Crippen MR) is 135 cm³/mol. The lowest BCUT2D eigenvalue weighted by molar-refractivity contribution is -0.122. The van der Waals surface area contributed by atoms with Gasteiger partial charge in [-0.25, -0.2) is 8.42 Å². The Balaban J connectivity index is 1.68. The first kappa shape index (κ1) is 25.5. The van der Waals surface area contributed by atoms with Crippen LogP contribution < -0.4 is 9.62 Å². The zero-order valence-electron chi connectivity index (χ0n) is 19.7. The summed E-state index contributed by atoms with van der Waals surface area (Å²) in [7, 11) is -3.71. The monoisotopic (exact) mass is 491 g/mol. The molecular weight excluding hydrogens is 458 g/mol. The van der Waals surface area contributed by atoms with Gasteiger partial charge in [0, 0.05) is 18.1 Å². The minimum Gasteiger partial charge on any atom is -0.350 e. The molecule has 0 unspecified atom stereocenters. The molecule has 0 aliphatic carbocycles. The zero-order valence-corrected chi connectivity index (χ0v) is 21.3. The van der Waals surface area contributed by atoms with E-state index < -0.39 is 16.1 Å². The molecule has 1 atom stereocenters. The first-order valence-corrected chi connectivity index (χ1v) is 13.7. The van der Waals surface area contributed by atoms with E-state index in [2.05, 4.69) is 22.3 Å². The lowest BCUT2D eigenvalue weighted by Crippen LogP contribution is -2.49. The molecule has 180 valence electrons. The Morgan fingerprint density at radius 2 is 1.73 bits per heavy atom. The SMILES string of the molecule is CC[C@H](C(=O)NCc1ccc(CN2CCCCC2)cc1)N(c1cc(Cl)ccc1C)S(C)(=O)=O. The maximum Gasteiger partial charge on any atom is 0.244 e. The van der Waals surface area contributed by atoms with E-state index in [-0.39, 0.29) is 5.91 Å². The smallest absolute Gasteiger partial charge is 0.244 e. The number of piperidine rings is 1. The number of carbonyl (C=O) groups is 1. The largest absolute Gasteiger partial charge is 0.350 e. The number of nitrogens with zero attached hydrogens (tertiary/aromatic N) is 2. The normalized spacial score (nSPS) is 15.8. The van der Waals surface area contributed by atoms with Gasteiger partial charge in [0.2, 0.25) is 15.9 Å².